The van der Waals surface area contributed by atoms with Gasteiger partial charge < -0.3 is 4.74 Å². The molecular formula is C14H11BrF2O. The van der Waals surface area contributed by atoms with Crippen molar-refractivity contribution in [3.8, 4) is 5.75 Å². The first kappa shape index (κ1) is 13.0. The van der Waals surface area contributed by atoms with Gasteiger partial charge in [-0.1, -0.05) is 34.1 Å². The van der Waals surface area contributed by atoms with Crippen LogP contribution in [0.5, 0.6) is 5.75 Å². The monoisotopic (exact) mass is 312 g/mol. The molecule has 4 heteroatoms. The SMILES string of the molecule is Fc1ccc(COc2ccccc2CBr)c(F)c1. The van der Waals surface area contributed by atoms with E-state index in [1.807, 2.05) is 24.3 Å². The third-order valence-electron chi connectivity index (χ3n) is 2.51. The van der Waals surface area contributed by atoms with Crippen LogP contribution in [0.4, 0.5) is 8.78 Å². The van der Waals surface area contributed by atoms with E-state index < -0.39 is 11.6 Å². The van der Waals surface area contributed by atoms with Gasteiger partial charge >= 0.3 is 0 Å². The molecule has 94 valence electrons. The number of hydrogen-bond donors (Lipinski definition) is 0. The highest BCUT2D eigenvalue weighted by molar-refractivity contribution is 9.08. The summed E-state index contributed by atoms with van der Waals surface area (Å²) in [6, 6.07) is 11.0. The molecule has 0 aliphatic heterocycles. The number of para-hydroxylation sites is 1. The van der Waals surface area contributed by atoms with E-state index in [1.165, 1.54) is 12.1 Å². The number of alkyl halides is 1. The van der Waals surface area contributed by atoms with E-state index >= 15 is 0 Å². The molecule has 0 aromatic heterocycles. The zero-order chi connectivity index (χ0) is 13.0. The first-order chi connectivity index (χ1) is 8.70. The predicted molar refractivity (Wildman–Crippen MR) is 69.8 cm³/mol. The Hall–Kier alpha value is -1.42. The number of ether oxygens (including phenoxy) is 1. The lowest BCUT2D eigenvalue weighted by atomic mass is 10.2. The minimum Gasteiger partial charge on any atom is -0.488 e. The van der Waals surface area contributed by atoms with Crippen LogP contribution in [0.2, 0.25) is 0 Å². The molecule has 2 rings (SSSR count). The average Bonchev–Trinajstić information content (AvgIpc) is 2.38. The Morgan fingerprint density at radius 2 is 1.78 bits per heavy atom. The highest BCUT2D eigenvalue weighted by Gasteiger charge is 2.06. The summed E-state index contributed by atoms with van der Waals surface area (Å²) in [7, 11) is 0. The standard InChI is InChI=1S/C14H11BrF2O/c15-8-10-3-1-2-4-14(10)18-9-11-5-6-12(16)7-13(11)17/h1-7H,8-9H2. The van der Waals surface area contributed by atoms with Crippen LogP contribution in [-0.2, 0) is 11.9 Å². The van der Waals surface area contributed by atoms with Crippen molar-refractivity contribution >= 4 is 15.9 Å². The van der Waals surface area contributed by atoms with Crippen molar-refractivity contribution in [2.45, 2.75) is 11.9 Å². The second-order valence-electron chi connectivity index (χ2n) is 3.77. The van der Waals surface area contributed by atoms with Gasteiger partial charge in [0, 0.05) is 22.5 Å². The molecule has 0 unspecified atom stereocenters. The minimum absolute atomic E-state index is 0.0795. The maximum atomic E-state index is 13.4. The van der Waals surface area contributed by atoms with Crippen molar-refractivity contribution in [2.75, 3.05) is 0 Å². The summed E-state index contributed by atoms with van der Waals surface area (Å²) >= 11 is 3.35. The second-order valence-corrected chi connectivity index (χ2v) is 4.33. The molecule has 0 amide bonds. The van der Waals surface area contributed by atoms with Crippen LogP contribution in [0.1, 0.15) is 11.1 Å². The summed E-state index contributed by atoms with van der Waals surface area (Å²) in [5, 5.41) is 0.662. The van der Waals surface area contributed by atoms with Crippen LogP contribution >= 0.6 is 15.9 Å². The summed E-state index contributed by atoms with van der Waals surface area (Å²) in [4.78, 5) is 0. The lowest BCUT2D eigenvalue weighted by Crippen LogP contribution is -2.00. The summed E-state index contributed by atoms with van der Waals surface area (Å²) in [6.45, 7) is 0.0795. The molecule has 0 aliphatic carbocycles. The Morgan fingerprint density at radius 3 is 2.50 bits per heavy atom. The van der Waals surface area contributed by atoms with Crippen molar-refractivity contribution < 1.29 is 13.5 Å². The molecule has 2 aromatic carbocycles. The molecule has 0 heterocycles. The summed E-state index contributed by atoms with van der Waals surface area (Å²) in [6.07, 6.45) is 0. The van der Waals surface area contributed by atoms with Crippen LogP contribution in [0.3, 0.4) is 0 Å². The first-order valence-electron chi connectivity index (χ1n) is 5.41. The average molecular weight is 313 g/mol. The molecular weight excluding hydrogens is 302 g/mol. The van der Waals surface area contributed by atoms with E-state index in [2.05, 4.69) is 15.9 Å². The molecule has 0 atom stereocenters. The van der Waals surface area contributed by atoms with Crippen LogP contribution in [0.15, 0.2) is 42.5 Å². The Morgan fingerprint density at radius 1 is 1.00 bits per heavy atom. The maximum absolute atomic E-state index is 13.4. The van der Waals surface area contributed by atoms with Crippen molar-refractivity contribution in [3.05, 3.63) is 65.2 Å². The van der Waals surface area contributed by atoms with Crippen LogP contribution < -0.4 is 4.74 Å². The third kappa shape index (κ3) is 3.07. The number of rotatable bonds is 4. The van der Waals surface area contributed by atoms with Gasteiger partial charge in [-0.15, -0.1) is 0 Å². The van der Waals surface area contributed by atoms with Crippen LogP contribution in [-0.4, -0.2) is 0 Å². The molecule has 0 spiro atoms. The largest absolute Gasteiger partial charge is 0.488 e. The maximum Gasteiger partial charge on any atom is 0.132 e. The number of halogens is 3. The van der Waals surface area contributed by atoms with Gasteiger partial charge in [-0.25, -0.2) is 8.78 Å². The van der Waals surface area contributed by atoms with Crippen molar-refractivity contribution in [1.82, 2.24) is 0 Å². The molecule has 0 radical (unpaired) electrons. The molecule has 2 aromatic rings. The zero-order valence-electron chi connectivity index (χ0n) is 9.50. The molecule has 0 N–H and O–H groups in total. The number of hydrogen-bond acceptors (Lipinski definition) is 1. The predicted octanol–water partition coefficient (Wildman–Crippen LogP) is 4.44. The fourth-order valence-corrected chi connectivity index (χ4v) is 2.01. The fraction of sp³-hybridized carbons (Fsp3) is 0.143. The van der Waals surface area contributed by atoms with Crippen molar-refractivity contribution in [2.24, 2.45) is 0 Å². The van der Waals surface area contributed by atoms with Gasteiger partial charge in [0.2, 0.25) is 0 Å². The third-order valence-corrected chi connectivity index (χ3v) is 3.12. The molecule has 1 nitrogen and oxygen atoms in total. The van der Waals surface area contributed by atoms with Crippen LogP contribution in [0.25, 0.3) is 0 Å². The van der Waals surface area contributed by atoms with Gasteiger partial charge in [-0.3, -0.25) is 0 Å². The lowest BCUT2D eigenvalue weighted by molar-refractivity contribution is 0.297. The van der Waals surface area contributed by atoms with E-state index in [9.17, 15) is 8.78 Å². The van der Waals surface area contributed by atoms with Crippen molar-refractivity contribution in [1.29, 1.82) is 0 Å². The number of benzene rings is 2. The van der Waals surface area contributed by atoms with Gasteiger partial charge in [0.25, 0.3) is 0 Å². The van der Waals surface area contributed by atoms with Gasteiger partial charge in [0.1, 0.15) is 24.0 Å². The van der Waals surface area contributed by atoms with Gasteiger partial charge in [-0.2, -0.15) is 0 Å². The zero-order valence-corrected chi connectivity index (χ0v) is 11.1. The smallest absolute Gasteiger partial charge is 0.132 e. The Bertz CT molecular complexity index is 543. The minimum atomic E-state index is -0.591. The highest BCUT2D eigenvalue weighted by atomic mass is 79.9. The van der Waals surface area contributed by atoms with Gasteiger partial charge in [0.05, 0.1) is 0 Å². The first-order valence-corrected chi connectivity index (χ1v) is 6.53. The Kier molecular flexibility index (Phi) is 4.31. The normalized spacial score (nSPS) is 10.4. The molecule has 0 fully saturated rings. The summed E-state index contributed by atoms with van der Waals surface area (Å²) < 4.78 is 31.7. The van der Waals surface area contributed by atoms with E-state index in [1.54, 1.807) is 0 Å². The molecule has 0 aliphatic rings. The molecule has 0 bridgehead atoms. The summed E-state index contributed by atoms with van der Waals surface area (Å²) in [5.74, 6) is -0.485. The Labute approximate surface area is 113 Å². The molecule has 18 heavy (non-hydrogen) atoms. The highest BCUT2D eigenvalue weighted by Crippen LogP contribution is 2.22. The van der Waals surface area contributed by atoms with Crippen molar-refractivity contribution in [3.63, 3.8) is 0 Å². The second kappa shape index (κ2) is 5.96. The molecule has 0 saturated carbocycles. The van der Waals surface area contributed by atoms with Gasteiger partial charge in [-0.05, 0) is 18.2 Å². The topological polar surface area (TPSA) is 9.23 Å². The quantitative estimate of drug-likeness (QED) is 0.758. The molecule has 0 saturated heterocycles. The van der Waals surface area contributed by atoms with E-state index in [4.69, 9.17) is 4.74 Å². The fourth-order valence-electron chi connectivity index (χ4n) is 1.55. The van der Waals surface area contributed by atoms with E-state index in [0.717, 1.165) is 11.6 Å². The van der Waals surface area contributed by atoms with Gasteiger partial charge in [0.15, 0.2) is 0 Å². The van der Waals surface area contributed by atoms with E-state index in [0.29, 0.717) is 16.6 Å². The van der Waals surface area contributed by atoms with Crippen LogP contribution in [0, 0.1) is 11.6 Å². The summed E-state index contributed by atoms with van der Waals surface area (Å²) in [5.41, 5.74) is 1.32. The Balaban J connectivity index is 2.11. The lowest BCUT2D eigenvalue weighted by Gasteiger charge is -2.10. The van der Waals surface area contributed by atoms with E-state index in [-0.39, 0.29) is 6.61 Å².